The lowest BCUT2D eigenvalue weighted by Crippen LogP contribution is -2.40. The van der Waals surface area contributed by atoms with E-state index in [2.05, 4.69) is 15.7 Å². The summed E-state index contributed by atoms with van der Waals surface area (Å²) in [4.78, 5) is 38.5. The topological polar surface area (TPSA) is 97.5 Å². The summed E-state index contributed by atoms with van der Waals surface area (Å²) in [5, 5.41) is 9.97. The molecule has 1 aromatic carbocycles. The highest BCUT2D eigenvalue weighted by atomic mass is 19.1. The highest BCUT2D eigenvalue weighted by Gasteiger charge is 2.23. The summed E-state index contributed by atoms with van der Waals surface area (Å²) in [6, 6.07) is 6.03. The van der Waals surface area contributed by atoms with E-state index in [1.165, 1.54) is 24.9 Å². The van der Waals surface area contributed by atoms with Crippen LogP contribution in [0.2, 0.25) is 0 Å². The Morgan fingerprint density at radius 2 is 1.82 bits per heavy atom. The number of carbonyl (C=O) groups is 2. The van der Waals surface area contributed by atoms with Gasteiger partial charge >= 0.3 is 0 Å². The molecule has 2 amide bonds. The lowest BCUT2D eigenvalue weighted by atomic mass is 9.95. The molecule has 0 atom stereocenters. The van der Waals surface area contributed by atoms with Crippen molar-refractivity contribution in [3.05, 3.63) is 69.1 Å². The summed E-state index contributed by atoms with van der Waals surface area (Å²) in [5.74, 6) is -0.912. The summed E-state index contributed by atoms with van der Waals surface area (Å²) in [7, 11) is 0. The van der Waals surface area contributed by atoms with Crippen LogP contribution in [-0.4, -0.2) is 32.0 Å². The number of rotatable bonds is 6. The molecule has 1 aliphatic carbocycles. The minimum Gasteiger partial charge on any atom is -0.352 e. The number of benzene rings is 1. The van der Waals surface area contributed by atoms with Gasteiger partial charge in [0.25, 0.3) is 11.5 Å². The first-order valence-corrected chi connectivity index (χ1v) is 11.2. The molecule has 2 N–H and O–H groups in total. The third kappa shape index (κ3) is 4.81. The standard InChI is InChI=1S/C24H28FN5O3/c1-15-21(23(32)26-12-17-8-10-18(25)11-9-17)16(2)29-14-27-30(24(33)22(15)29)13-20(31)28-19-6-4-3-5-7-19/h8-11,14,19H,3-7,12-13H2,1-2H3,(H,26,32)(H,28,31). The Labute approximate surface area is 190 Å². The Morgan fingerprint density at radius 1 is 1.12 bits per heavy atom. The van der Waals surface area contributed by atoms with Gasteiger partial charge in [0.1, 0.15) is 24.2 Å². The predicted molar refractivity (Wildman–Crippen MR) is 122 cm³/mol. The van der Waals surface area contributed by atoms with Crippen LogP contribution in [0.4, 0.5) is 4.39 Å². The van der Waals surface area contributed by atoms with E-state index in [0.717, 1.165) is 35.9 Å². The minimum atomic E-state index is -0.422. The fraction of sp³-hybridized carbons (Fsp3) is 0.417. The van der Waals surface area contributed by atoms with Crippen LogP contribution in [0.5, 0.6) is 0 Å². The molecule has 3 aromatic rings. The quantitative estimate of drug-likeness (QED) is 0.600. The smallest absolute Gasteiger partial charge is 0.291 e. The van der Waals surface area contributed by atoms with Gasteiger partial charge in [-0.05, 0) is 49.9 Å². The molecule has 9 heteroatoms. The number of halogens is 1. The first-order chi connectivity index (χ1) is 15.8. The molecular formula is C24H28FN5O3. The van der Waals surface area contributed by atoms with Crippen molar-refractivity contribution in [3.63, 3.8) is 0 Å². The zero-order chi connectivity index (χ0) is 23.5. The van der Waals surface area contributed by atoms with Gasteiger partial charge < -0.3 is 10.6 Å². The molecule has 0 spiro atoms. The Morgan fingerprint density at radius 3 is 2.52 bits per heavy atom. The number of hydrogen-bond donors (Lipinski definition) is 2. The van der Waals surface area contributed by atoms with Crippen molar-refractivity contribution in [1.82, 2.24) is 24.8 Å². The second kappa shape index (κ2) is 9.56. The number of aromatic nitrogens is 3. The van der Waals surface area contributed by atoms with Crippen LogP contribution in [0, 0.1) is 19.7 Å². The second-order valence-electron chi connectivity index (χ2n) is 8.61. The van der Waals surface area contributed by atoms with Crippen molar-refractivity contribution in [2.45, 2.75) is 65.1 Å². The van der Waals surface area contributed by atoms with Gasteiger partial charge in [-0.15, -0.1) is 0 Å². The van der Waals surface area contributed by atoms with Crippen LogP contribution >= 0.6 is 0 Å². The van der Waals surface area contributed by atoms with E-state index in [4.69, 9.17) is 0 Å². The summed E-state index contributed by atoms with van der Waals surface area (Å²) < 4.78 is 15.8. The molecule has 2 aromatic heterocycles. The lowest BCUT2D eigenvalue weighted by Gasteiger charge is -2.22. The predicted octanol–water partition coefficient (Wildman–Crippen LogP) is 2.63. The van der Waals surface area contributed by atoms with Crippen LogP contribution in [-0.2, 0) is 17.9 Å². The molecule has 0 bridgehead atoms. The van der Waals surface area contributed by atoms with E-state index < -0.39 is 5.56 Å². The van der Waals surface area contributed by atoms with Crippen LogP contribution in [0.15, 0.2) is 35.4 Å². The molecule has 1 saturated carbocycles. The first kappa shape index (κ1) is 22.7. The number of aryl methyl sites for hydroxylation is 2. The van der Waals surface area contributed by atoms with Gasteiger partial charge in [-0.3, -0.25) is 18.8 Å². The Balaban J connectivity index is 1.53. The maximum absolute atomic E-state index is 13.1. The van der Waals surface area contributed by atoms with Crippen LogP contribution in [0.1, 0.15) is 59.3 Å². The summed E-state index contributed by atoms with van der Waals surface area (Å²) in [6.07, 6.45) is 6.77. The van der Waals surface area contributed by atoms with E-state index in [-0.39, 0.29) is 36.8 Å². The molecule has 4 rings (SSSR count). The molecule has 0 unspecified atom stereocenters. The molecule has 0 saturated heterocycles. The Kier molecular flexibility index (Phi) is 6.57. The number of nitrogens with one attached hydrogen (secondary N) is 2. The number of carbonyl (C=O) groups excluding carboxylic acids is 2. The van der Waals surface area contributed by atoms with Crippen molar-refractivity contribution < 1.29 is 14.0 Å². The summed E-state index contributed by atoms with van der Waals surface area (Å²) in [6.45, 7) is 3.52. The third-order valence-corrected chi connectivity index (χ3v) is 6.29. The zero-order valence-electron chi connectivity index (χ0n) is 18.9. The van der Waals surface area contributed by atoms with Gasteiger partial charge in [0.05, 0.1) is 5.56 Å². The summed E-state index contributed by atoms with van der Waals surface area (Å²) >= 11 is 0. The van der Waals surface area contributed by atoms with Gasteiger partial charge in [-0.2, -0.15) is 5.10 Å². The summed E-state index contributed by atoms with van der Waals surface area (Å²) in [5.41, 5.74) is 2.16. The van der Waals surface area contributed by atoms with Crippen molar-refractivity contribution in [1.29, 1.82) is 0 Å². The Bertz CT molecular complexity index is 1240. The van der Waals surface area contributed by atoms with Gasteiger partial charge in [-0.25, -0.2) is 9.07 Å². The highest BCUT2D eigenvalue weighted by Crippen LogP contribution is 2.20. The fourth-order valence-corrected chi connectivity index (χ4v) is 4.53. The molecule has 0 radical (unpaired) electrons. The second-order valence-corrected chi connectivity index (χ2v) is 8.61. The first-order valence-electron chi connectivity index (χ1n) is 11.2. The fourth-order valence-electron chi connectivity index (χ4n) is 4.53. The van der Waals surface area contributed by atoms with Crippen molar-refractivity contribution in [2.75, 3.05) is 0 Å². The molecule has 0 aliphatic heterocycles. The minimum absolute atomic E-state index is 0.152. The van der Waals surface area contributed by atoms with Crippen LogP contribution in [0.3, 0.4) is 0 Å². The SMILES string of the molecule is Cc1c(C(=O)NCc2ccc(F)cc2)c(C)n2cnn(CC(=O)NC3CCCCC3)c(=O)c12. The molecule has 174 valence electrons. The van der Waals surface area contributed by atoms with Gasteiger partial charge in [-0.1, -0.05) is 31.4 Å². The number of hydrogen-bond acceptors (Lipinski definition) is 4. The molecular weight excluding hydrogens is 425 g/mol. The largest absolute Gasteiger partial charge is 0.352 e. The number of amides is 2. The van der Waals surface area contributed by atoms with E-state index in [1.807, 2.05) is 0 Å². The normalized spacial score (nSPS) is 14.4. The van der Waals surface area contributed by atoms with E-state index >= 15 is 0 Å². The van der Waals surface area contributed by atoms with E-state index in [0.29, 0.717) is 22.3 Å². The van der Waals surface area contributed by atoms with Crippen molar-refractivity contribution in [3.8, 4) is 0 Å². The van der Waals surface area contributed by atoms with E-state index in [9.17, 15) is 18.8 Å². The lowest BCUT2D eigenvalue weighted by molar-refractivity contribution is -0.122. The molecule has 1 fully saturated rings. The van der Waals surface area contributed by atoms with Crippen molar-refractivity contribution >= 4 is 17.3 Å². The van der Waals surface area contributed by atoms with E-state index in [1.54, 1.807) is 30.4 Å². The van der Waals surface area contributed by atoms with Crippen LogP contribution < -0.4 is 16.2 Å². The average molecular weight is 454 g/mol. The monoisotopic (exact) mass is 453 g/mol. The van der Waals surface area contributed by atoms with Crippen LogP contribution in [0.25, 0.3) is 5.52 Å². The zero-order valence-corrected chi connectivity index (χ0v) is 18.9. The highest BCUT2D eigenvalue weighted by molar-refractivity contribution is 5.99. The van der Waals surface area contributed by atoms with Crippen molar-refractivity contribution in [2.24, 2.45) is 0 Å². The number of fused-ring (bicyclic) bond motifs is 1. The maximum atomic E-state index is 13.1. The van der Waals surface area contributed by atoms with Gasteiger partial charge in [0, 0.05) is 18.3 Å². The molecule has 8 nitrogen and oxygen atoms in total. The average Bonchev–Trinajstić information content (AvgIpc) is 3.06. The third-order valence-electron chi connectivity index (χ3n) is 6.29. The maximum Gasteiger partial charge on any atom is 0.291 e. The van der Waals surface area contributed by atoms with Gasteiger partial charge in [0.15, 0.2) is 0 Å². The molecule has 1 aliphatic rings. The molecule has 2 heterocycles. The Hall–Kier alpha value is -3.49. The van der Waals surface area contributed by atoms with Gasteiger partial charge in [0.2, 0.25) is 5.91 Å². The molecule has 33 heavy (non-hydrogen) atoms. The number of nitrogens with zero attached hydrogens (tertiary/aromatic N) is 3.